The minimum absolute atomic E-state index is 0.0218. The number of rotatable bonds is 3. The molecule has 0 heterocycles. The molecule has 88 valence electrons. The van der Waals surface area contributed by atoms with Crippen LogP contribution >= 0.6 is 0 Å². The Balaban J connectivity index is 2.89. The van der Waals surface area contributed by atoms with Gasteiger partial charge in [-0.15, -0.1) is 0 Å². The van der Waals surface area contributed by atoms with Crippen LogP contribution in [0.3, 0.4) is 0 Å². The van der Waals surface area contributed by atoms with Crippen LogP contribution in [0.1, 0.15) is 31.1 Å². The van der Waals surface area contributed by atoms with Gasteiger partial charge in [-0.1, -0.05) is 19.9 Å². The van der Waals surface area contributed by atoms with Crippen molar-refractivity contribution in [2.75, 3.05) is 0 Å². The van der Waals surface area contributed by atoms with Crippen LogP contribution in [-0.4, -0.2) is 22.2 Å². The van der Waals surface area contributed by atoms with Crippen LogP contribution in [0.25, 0.3) is 0 Å². The number of hydrogen-bond donors (Lipinski definition) is 3. The topological polar surface area (TPSA) is 69.6 Å². The van der Waals surface area contributed by atoms with Gasteiger partial charge in [0.1, 0.15) is 17.1 Å². The molecular weight excluding hydrogens is 206 g/mol. The van der Waals surface area contributed by atoms with E-state index in [4.69, 9.17) is 0 Å². The normalized spacial score (nSPS) is 12.5. The van der Waals surface area contributed by atoms with Gasteiger partial charge >= 0.3 is 0 Å². The maximum atomic E-state index is 11.8. The third-order valence-electron chi connectivity index (χ3n) is 2.61. The molecule has 0 spiro atoms. The fraction of sp³-hybridized carbons (Fsp3) is 0.417. The van der Waals surface area contributed by atoms with Crippen LogP contribution in [-0.2, 0) is 0 Å². The highest BCUT2D eigenvalue weighted by molar-refractivity contribution is 5.99. The summed E-state index contributed by atoms with van der Waals surface area (Å²) in [5, 5.41) is 21.7. The molecule has 0 bridgehead atoms. The van der Waals surface area contributed by atoms with Crippen LogP contribution in [0.15, 0.2) is 18.2 Å². The molecule has 1 rings (SSSR count). The van der Waals surface area contributed by atoms with E-state index >= 15 is 0 Å². The lowest BCUT2D eigenvalue weighted by molar-refractivity contribution is 0.0925. The molecule has 0 aliphatic rings. The molecule has 1 unspecified atom stereocenters. The molecule has 1 aromatic carbocycles. The molecular formula is C12H17NO3. The van der Waals surface area contributed by atoms with Crippen LogP contribution in [0, 0.1) is 5.92 Å². The lowest BCUT2D eigenvalue weighted by atomic mass is 10.1. The van der Waals surface area contributed by atoms with Crippen LogP contribution in [0.4, 0.5) is 0 Å². The summed E-state index contributed by atoms with van der Waals surface area (Å²) in [6, 6.07) is 4.20. The van der Waals surface area contributed by atoms with Gasteiger partial charge in [-0.2, -0.15) is 0 Å². The predicted octanol–water partition coefficient (Wildman–Crippen LogP) is 1.87. The molecule has 0 radical (unpaired) electrons. The Kier molecular flexibility index (Phi) is 3.77. The summed E-state index contributed by atoms with van der Waals surface area (Å²) in [5.41, 5.74) is -0.0741. The zero-order chi connectivity index (χ0) is 12.3. The van der Waals surface area contributed by atoms with Crippen LogP contribution in [0.2, 0.25) is 0 Å². The van der Waals surface area contributed by atoms with Crippen molar-refractivity contribution in [3.05, 3.63) is 23.8 Å². The number of phenolic OH excluding ortho intramolecular Hbond substituents is 2. The molecule has 0 saturated heterocycles. The molecule has 1 amide bonds. The molecule has 0 aliphatic heterocycles. The largest absolute Gasteiger partial charge is 0.507 e. The van der Waals surface area contributed by atoms with Gasteiger partial charge in [0.15, 0.2) is 0 Å². The van der Waals surface area contributed by atoms with E-state index in [1.807, 2.05) is 20.8 Å². The van der Waals surface area contributed by atoms with Crippen molar-refractivity contribution in [3.8, 4) is 11.5 Å². The first kappa shape index (κ1) is 12.4. The molecule has 4 nitrogen and oxygen atoms in total. The summed E-state index contributed by atoms with van der Waals surface area (Å²) in [6.45, 7) is 5.84. The summed E-state index contributed by atoms with van der Waals surface area (Å²) < 4.78 is 0. The standard InChI is InChI=1S/C12H17NO3/c1-7(2)8(3)13-12(16)11-9(14)5-4-6-10(11)15/h4-8,14-15H,1-3H3,(H,13,16). The lowest BCUT2D eigenvalue weighted by Crippen LogP contribution is -2.36. The first-order valence-corrected chi connectivity index (χ1v) is 5.25. The second kappa shape index (κ2) is 4.88. The Morgan fingerprint density at radius 1 is 1.19 bits per heavy atom. The smallest absolute Gasteiger partial charge is 0.259 e. The minimum atomic E-state index is -0.461. The Morgan fingerprint density at radius 2 is 1.69 bits per heavy atom. The summed E-state index contributed by atoms with van der Waals surface area (Å²) in [7, 11) is 0. The number of benzene rings is 1. The van der Waals surface area contributed by atoms with Crippen molar-refractivity contribution in [1.82, 2.24) is 5.32 Å². The number of carbonyl (C=O) groups is 1. The first-order valence-electron chi connectivity index (χ1n) is 5.25. The Bertz CT molecular complexity index is 368. The van der Waals surface area contributed by atoms with E-state index in [0.717, 1.165) is 0 Å². The highest BCUT2D eigenvalue weighted by Crippen LogP contribution is 2.26. The number of carbonyl (C=O) groups excluding carboxylic acids is 1. The molecule has 4 heteroatoms. The summed E-state index contributed by atoms with van der Waals surface area (Å²) in [6.07, 6.45) is 0. The molecule has 0 aromatic heterocycles. The SMILES string of the molecule is CC(C)C(C)NC(=O)c1c(O)cccc1O. The third kappa shape index (κ3) is 2.66. The van der Waals surface area contributed by atoms with Crippen molar-refractivity contribution >= 4 is 5.91 Å². The number of phenols is 2. The quantitative estimate of drug-likeness (QED) is 0.732. The van der Waals surface area contributed by atoms with Gasteiger partial charge in [-0.25, -0.2) is 0 Å². The minimum Gasteiger partial charge on any atom is -0.507 e. The van der Waals surface area contributed by atoms with Crippen molar-refractivity contribution < 1.29 is 15.0 Å². The predicted molar refractivity (Wildman–Crippen MR) is 61.5 cm³/mol. The van der Waals surface area contributed by atoms with Crippen molar-refractivity contribution in [2.24, 2.45) is 5.92 Å². The van der Waals surface area contributed by atoms with E-state index in [0.29, 0.717) is 0 Å². The van der Waals surface area contributed by atoms with E-state index < -0.39 is 5.91 Å². The average Bonchev–Trinajstić information content (AvgIpc) is 2.16. The van der Waals surface area contributed by atoms with Gasteiger partial charge in [0, 0.05) is 6.04 Å². The first-order chi connectivity index (χ1) is 7.43. The van der Waals surface area contributed by atoms with E-state index in [-0.39, 0.29) is 29.0 Å². The average molecular weight is 223 g/mol. The lowest BCUT2D eigenvalue weighted by Gasteiger charge is -2.18. The number of nitrogens with one attached hydrogen (secondary N) is 1. The fourth-order valence-corrected chi connectivity index (χ4v) is 1.21. The van der Waals surface area contributed by atoms with E-state index in [1.165, 1.54) is 18.2 Å². The zero-order valence-corrected chi connectivity index (χ0v) is 9.69. The van der Waals surface area contributed by atoms with E-state index in [2.05, 4.69) is 5.32 Å². The molecule has 0 aliphatic carbocycles. The van der Waals surface area contributed by atoms with Gasteiger partial charge in [0.25, 0.3) is 5.91 Å². The van der Waals surface area contributed by atoms with Gasteiger partial charge in [0.2, 0.25) is 0 Å². The number of amides is 1. The van der Waals surface area contributed by atoms with Gasteiger partial charge in [-0.3, -0.25) is 4.79 Å². The van der Waals surface area contributed by atoms with E-state index in [1.54, 1.807) is 0 Å². The summed E-state index contributed by atoms with van der Waals surface area (Å²) in [4.78, 5) is 11.8. The maximum absolute atomic E-state index is 11.8. The van der Waals surface area contributed by atoms with Crippen molar-refractivity contribution in [2.45, 2.75) is 26.8 Å². The third-order valence-corrected chi connectivity index (χ3v) is 2.61. The highest BCUT2D eigenvalue weighted by Gasteiger charge is 2.18. The molecule has 0 saturated carbocycles. The Hall–Kier alpha value is -1.71. The molecule has 1 atom stereocenters. The second-order valence-electron chi connectivity index (χ2n) is 4.18. The summed E-state index contributed by atoms with van der Waals surface area (Å²) in [5.74, 6) is -0.601. The maximum Gasteiger partial charge on any atom is 0.259 e. The molecule has 16 heavy (non-hydrogen) atoms. The molecule has 3 N–H and O–H groups in total. The highest BCUT2D eigenvalue weighted by atomic mass is 16.3. The zero-order valence-electron chi connectivity index (χ0n) is 9.69. The number of hydrogen-bond acceptors (Lipinski definition) is 3. The molecule has 1 aromatic rings. The number of aromatic hydroxyl groups is 2. The molecule has 0 fully saturated rings. The van der Waals surface area contributed by atoms with Gasteiger partial charge in [-0.05, 0) is 25.0 Å². The van der Waals surface area contributed by atoms with Gasteiger partial charge < -0.3 is 15.5 Å². The van der Waals surface area contributed by atoms with Crippen molar-refractivity contribution in [1.29, 1.82) is 0 Å². The fourth-order valence-electron chi connectivity index (χ4n) is 1.21. The van der Waals surface area contributed by atoms with Crippen LogP contribution < -0.4 is 5.32 Å². The Labute approximate surface area is 94.9 Å². The van der Waals surface area contributed by atoms with Crippen molar-refractivity contribution in [3.63, 3.8) is 0 Å². The second-order valence-corrected chi connectivity index (χ2v) is 4.18. The van der Waals surface area contributed by atoms with Crippen LogP contribution in [0.5, 0.6) is 11.5 Å². The summed E-state index contributed by atoms with van der Waals surface area (Å²) >= 11 is 0. The Morgan fingerprint density at radius 3 is 2.12 bits per heavy atom. The van der Waals surface area contributed by atoms with E-state index in [9.17, 15) is 15.0 Å². The monoisotopic (exact) mass is 223 g/mol. The van der Waals surface area contributed by atoms with Gasteiger partial charge in [0.05, 0.1) is 0 Å².